The Balaban J connectivity index is 2.39. The summed E-state index contributed by atoms with van der Waals surface area (Å²) in [7, 11) is 0. The fraction of sp³-hybridized carbons (Fsp3) is 1.00. The lowest BCUT2D eigenvalue weighted by molar-refractivity contribution is -0.711. The van der Waals surface area contributed by atoms with Crippen molar-refractivity contribution >= 4 is 0 Å². The van der Waals surface area contributed by atoms with Crippen molar-refractivity contribution in [3.63, 3.8) is 0 Å². The predicted octanol–water partition coefficient (Wildman–Crippen LogP) is 0.739. The van der Waals surface area contributed by atoms with Gasteiger partial charge in [0.1, 0.15) is 0 Å². The molecule has 0 bridgehead atoms. The standard InChI is InChI=1S/C5H11N3O2/c9-6-8(10)7-4-2-1-3-5-7/h9H,1-5H2/b8-6-. The quantitative estimate of drug-likeness (QED) is 0.336. The molecule has 0 saturated carbocycles. The SMILES string of the molecule is [O-]/[N+](=N\O)N1CCCCC1. The second-order valence-electron chi connectivity index (χ2n) is 2.36. The topological polar surface area (TPSA) is 61.9 Å². The van der Waals surface area contributed by atoms with Crippen LogP contribution in [0.5, 0.6) is 0 Å². The molecule has 0 spiro atoms. The highest BCUT2D eigenvalue weighted by Crippen LogP contribution is 2.07. The Labute approximate surface area is 59.1 Å². The van der Waals surface area contributed by atoms with Crippen LogP contribution >= 0.6 is 0 Å². The van der Waals surface area contributed by atoms with Crippen molar-refractivity contribution < 1.29 is 10.2 Å². The monoisotopic (exact) mass is 145 g/mol. The molecule has 0 unspecified atom stereocenters. The zero-order valence-corrected chi connectivity index (χ0v) is 5.73. The molecule has 1 aliphatic heterocycles. The summed E-state index contributed by atoms with van der Waals surface area (Å²) in [5, 5.41) is 22.7. The fourth-order valence-electron chi connectivity index (χ4n) is 1.10. The molecule has 1 N–H and O–H groups in total. The van der Waals surface area contributed by atoms with Crippen LogP contribution in [0.1, 0.15) is 19.3 Å². The average molecular weight is 145 g/mol. The smallest absolute Gasteiger partial charge is 0.230 e. The molecule has 0 aromatic carbocycles. The van der Waals surface area contributed by atoms with Gasteiger partial charge in [0.2, 0.25) is 5.28 Å². The van der Waals surface area contributed by atoms with Crippen molar-refractivity contribution in [3.05, 3.63) is 5.21 Å². The zero-order valence-electron chi connectivity index (χ0n) is 5.73. The van der Waals surface area contributed by atoms with E-state index in [0.717, 1.165) is 19.3 Å². The summed E-state index contributed by atoms with van der Waals surface area (Å²) in [5.41, 5.74) is 0. The summed E-state index contributed by atoms with van der Waals surface area (Å²) in [6.45, 7) is 1.40. The minimum Gasteiger partial charge on any atom is -0.569 e. The van der Waals surface area contributed by atoms with E-state index in [4.69, 9.17) is 5.21 Å². The Morgan fingerprint density at radius 1 is 1.30 bits per heavy atom. The minimum atomic E-state index is 0.249. The Morgan fingerprint density at radius 2 is 1.90 bits per heavy atom. The first kappa shape index (κ1) is 7.11. The molecule has 1 saturated heterocycles. The van der Waals surface area contributed by atoms with Gasteiger partial charge >= 0.3 is 0 Å². The highest BCUT2D eigenvalue weighted by molar-refractivity contribution is 4.54. The molecule has 10 heavy (non-hydrogen) atoms. The first-order valence-electron chi connectivity index (χ1n) is 3.42. The van der Waals surface area contributed by atoms with Gasteiger partial charge in [0, 0.05) is 0 Å². The number of hydrazine groups is 1. The number of rotatable bonds is 1. The molecule has 0 radical (unpaired) electrons. The molecule has 58 valence electrons. The summed E-state index contributed by atoms with van der Waals surface area (Å²) >= 11 is 0. The van der Waals surface area contributed by atoms with Gasteiger partial charge in [0.15, 0.2) is 0 Å². The van der Waals surface area contributed by atoms with Crippen LogP contribution in [0.3, 0.4) is 0 Å². The van der Waals surface area contributed by atoms with Gasteiger partial charge in [-0.2, -0.15) is 0 Å². The van der Waals surface area contributed by atoms with Gasteiger partial charge in [0.25, 0.3) is 0 Å². The van der Waals surface area contributed by atoms with Gasteiger partial charge in [-0.3, -0.25) is 0 Å². The summed E-state index contributed by atoms with van der Waals surface area (Å²) < 4.78 is 0. The summed E-state index contributed by atoms with van der Waals surface area (Å²) in [5.74, 6) is 0. The molecular weight excluding hydrogens is 134 g/mol. The lowest BCUT2D eigenvalue weighted by Gasteiger charge is -2.21. The lowest BCUT2D eigenvalue weighted by atomic mass is 10.2. The van der Waals surface area contributed by atoms with Crippen molar-refractivity contribution in [3.8, 4) is 0 Å². The number of nitrogens with zero attached hydrogens (tertiary/aromatic N) is 3. The van der Waals surface area contributed by atoms with Gasteiger partial charge in [0.05, 0.1) is 18.1 Å². The maximum Gasteiger partial charge on any atom is 0.230 e. The van der Waals surface area contributed by atoms with Crippen LogP contribution in [0, 0.1) is 5.21 Å². The molecule has 0 aliphatic carbocycles. The van der Waals surface area contributed by atoms with Crippen molar-refractivity contribution in [1.82, 2.24) is 5.01 Å². The van der Waals surface area contributed by atoms with Gasteiger partial charge in [-0.1, -0.05) is 0 Å². The van der Waals surface area contributed by atoms with Crippen molar-refractivity contribution in [2.75, 3.05) is 13.1 Å². The Bertz CT molecular complexity index is 131. The first-order chi connectivity index (χ1) is 4.84. The van der Waals surface area contributed by atoms with Crippen LogP contribution < -0.4 is 0 Å². The second-order valence-corrected chi connectivity index (χ2v) is 2.36. The van der Waals surface area contributed by atoms with Crippen LogP contribution in [0.25, 0.3) is 0 Å². The fourth-order valence-corrected chi connectivity index (χ4v) is 1.10. The molecule has 0 atom stereocenters. The Kier molecular flexibility index (Phi) is 2.30. The maximum atomic E-state index is 10.6. The third-order valence-electron chi connectivity index (χ3n) is 1.65. The molecule has 0 aromatic heterocycles. The van der Waals surface area contributed by atoms with Crippen LogP contribution in [0.15, 0.2) is 5.28 Å². The molecule has 1 aliphatic rings. The molecule has 5 heteroatoms. The Hall–Kier alpha value is -1.00. The van der Waals surface area contributed by atoms with Crippen LogP contribution in [-0.2, 0) is 0 Å². The van der Waals surface area contributed by atoms with Gasteiger partial charge in [-0.25, -0.2) is 0 Å². The zero-order chi connectivity index (χ0) is 7.40. The molecular formula is C5H11N3O2. The summed E-state index contributed by atoms with van der Waals surface area (Å²) in [6.07, 6.45) is 3.18. The van der Waals surface area contributed by atoms with E-state index >= 15 is 0 Å². The van der Waals surface area contributed by atoms with Gasteiger partial charge < -0.3 is 10.4 Å². The third-order valence-corrected chi connectivity index (χ3v) is 1.65. The first-order valence-corrected chi connectivity index (χ1v) is 3.42. The third kappa shape index (κ3) is 1.49. The maximum absolute atomic E-state index is 10.6. The van der Waals surface area contributed by atoms with Crippen molar-refractivity contribution in [2.45, 2.75) is 19.3 Å². The molecule has 1 fully saturated rings. The van der Waals surface area contributed by atoms with Gasteiger partial charge in [-0.05, 0) is 19.3 Å². The van der Waals surface area contributed by atoms with E-state index in [-0.39, 0.29) is 4.97 Å². The van der Waals surface area contributed by atoms with Crippen LogP contribution in [-0.4, -0.2) is 28.3 Å². The average Bonchev–Trinajstić information content (AvgIpc) is 2.05. The van der Waals surface area contributed by atoms with E-state index in [2.05, 4.69) is 5.28 Å². The van der Waals surface area contributed by atoms with Gasteiger partial charge in [-0.15, -0.1) is 5.01 Å². The number of hydrogen-bond donors (Lipinski definition) is 1. The largest absolute Gasteiger partial charge is 0.569 e. The minimum absolute atomic E-state index is 0.249. The Morgan fingerprint density at radius 3 is 2.40 bits per heavy atom. The van der Waals surface area contributed by atoms with Crippen LogP contribution in [0.4, 0.5) is 0 Å². The number of hydrogen-bond acceptors (Lipinski definition) is 2. The summed E-state index contributed by atoms with van der Waals surface area (Å²) in [6, 6.07) is 0. The van der Waals surface area contributed by atoms with E-state index in [9.17, 15) is 5.21 Å². The molecule has 0 aromatic rings. The molecule has 1 heterocycles. The number of piperidine rings is 1. The highest BCUT2D eigenvalue weighted by Gasteiger charge is 2.15. The lowest BCUT2D eigenvalue weighted by Crippen LogP contribution is -2.35. The normalized spacial score (nSPS) is 21.2. The van der Waals surface area contributed by atoms with E-state index < -0.39 is 0 Å². The van der Waals surface area contributed by atoms with E-state index in [1.807, 2.05) is 0 Å². The van der Waals surface area contributed by atoms with Crippen molar-refractivity contribution in [1.29, 1.82) is 0 Å². The molecule has 0 amide bonds. The summed E-state index contributed by atoms with van der Waals surface area (Å²) in [4.78, 5) is 0.249. The van der Waals surface area contributed by atoms with Crippen molar-refractivity contribution in [2.24, 2.45) is 5.28 Å². The highest BCUT2D eigenvalue weighted by atomic mass is 16.6. The second kappa shape index (κ2) is 3.24. The van der Waals surface area contributed by atoms with E-state index in [0.29, 0.717) is 13.1 Å². The molecule has 5 nitrogen and oxygen atoms in total. The van der Waals surface area contributed by atoms with Crippen LogP contribution in [0.2, 0.25) is 0 Å². The van der Waals surface area contributed by atoms with E-state index in [1.165, 1.54) is 5.01 Å². The predicted molar refractivity (Wildman–Crippen MR) is 33.3 cm³/mol. The molecule has 1 rings (SSSR count). The van der Waals surface area contributed by atoms with E-state index in [1.54, 1.807) is 0 Å².